The van der Waals surface area contributed by atoms with Crippen molar-refractivity contribution in [3.8, 4) is 0 Å². The van der Waals surface area contributed by atoms with Gasteiger partial charge in [-0.1, -0.05) is 24.9 Å². The van der Waals surface area contributed by atoms with Crippen LogP contribution in [0.3, 0.4) is 0 Å². The molecule has 0 amide bonds. The van der Waals surface area contributed by atoms with Gasteiger partial charge in [-0.2, -0.15) is 5.10 Å². The first kappa shape index (κ1) is 10.7. The second kappa shape index (κ2) is 4.35. The lowest BCUT2D eigenvalue weighted by atomic mass is 10.2. The molecule has 3 nitrogen and oxygen atoms in total. The molecular formula is C11H15ClN2O. The smallest absolute Gasteiger partial charge is 0.155 e. The van der Waals surface area contributed by atoms with Crippen molar-refractivity contribution in [1.82, 2.24) is 9.78 Å². The molecule has 0 bridgehead atoms. The van der Waals surface area contributed by atoms with Crippen LogP contribution in [0.25, 0.3) is 0 Å². The molecule has 0 atom stereocenters. The first-order valence-corrected chi connectivity index (χ1v) is 5.87. The van der Waals surface area contributed by atoms with E-state index in [9.17, 15) is 4.79 Å². The lowest BCUT2D eigenvalue weighted by Gasteiger charge is -2.00. The summed E-state index contributed by atoms with van der Waals surface area (Å²) in [6.45, 7) is 2.93. The summed E-state index contributed by atoms with van der Waals surface area (Å²) >= 11 is 6.11. The maximum absolute atomic E-state index is 10.9. The summed E-state index contributed by atoms with van der Waals surface area (Å²) in [7, 11) is 0. The van der Waals surface area contributed by atoms with Gasteiger partial charge in [0.1, 0.15) is 5.15 Å². The van der Waals surface area contributed by atoms with E-state index in [0.29, 0.717) is 16.6 Å². The molecule has 82 valence electrons. The molecular weight excluding hydrogens is 212 g/mol. The maximum atomic E-state index is 10.9. The Balaban J connectivity index is 2.26. The molecule has 0 aliphatic heterocycles. The molecule has 0 unspecified atom stereocenters. The molecule has 4 heteroatoms. The molecule has 1 aliphatic rings. The highest BCUT2D eigenvalue weighted by molar-refractivity contribution is 6.32. The van der Waals surface area contributed by atoms with Gasteiger partial charge in [0.05, 0.1) is 11.3 Å². The third-order valence-corrected chi connectivity index (χ3v) is 3.16. The molecule has 1 aromatic rings. The second-order valence-corrected chi connectivity index (χ2v) is 4.42. The summed E-state index contributed by atoms with van der Waals surface area (Å²) in [6, 6.07) is 0. The van der Waals surface area contributed by atoms with E-state index in [4.69, 9.17) is 11.6 Å². The number of carbonyl (C=O) groups excluding carboxylic acids is 1. The molecule has 1 aliphatic carbocycles. The molecule has 1 aromatic heterocycles. The number of aromatic nitrogens is 2. The van der Waals surface area contributed by atoms with Crippen molar-refractivity contribution >= 4 is 17.9 Å². The van der Waals surface area contributed by atoms with Crippen molar-refractivity contribution in [3.05, 3.63) is 16.4 Å². The second-order valence-electron chi connectivity index (χ2n) is 4.06. The van der Waals surface area contributed by atoms with Crippen LogP contribution in [0.15, 0.2) is 0 Å². The minimum Gasteiger partial charge on any atom is -0.298 e. The standard InChI is InChI=1S/C11H15ClN2O/c1-2-3-6-14-11(12)9(7-15)10(13-14)8-4-5-8/h7-8H,2-6H2,1H3. The normalized spacial score (nSPS) is 15.6. The van der Waals surface area contributed by atoms with Gasteiger partial charge in [-0.3, -0.25) is 9.48 Å². The average Bonchev–Trinajstić information content (AvgIpc) is 3.02. The summed E-state index contributed by atoms with van der Waals surface area (Å²) < 4.78 is 1.77. The number of halogens is 1. The van der Waals surface area contributed by atoms with Crippen molar-refractivity contribution in [2.75, 3.05) is 0 Å². The Hall–Kier alpha value is -0.830. The van der Waals surface area contributed by atoms with Gasteiger partial charge < -0.3 is 0 Å². The van der Waals surface area contributed by atoms with Crippen LogP contribution >= 0.6 is 11.6 Å². The van der Waals surface area contributed by atoms with Crippen LogP contribution in [0, 0.1) is 0 Å². The quantitative estimate of drug-likeness (QED) is 0.724. The minimum atomic E-state index is 0.477. The van der Waals surface area contributed by atoms with E-state index in [2.05, 4.69) is 12.0 Å². The van der Waals surface area contributed by atoms with Gasteiger partial charge >= 0.3 is 0 Å². The SMILES string of the molecule is CCCCn1nc(C2CC2)c(C=O)c1Cl. The van der Waals surface area contributed by atoms with Gasteiger partial charge in [0, 0.05) is 12.5 Å². The first-order valence-electron chi connectivity index (χ1n) is 5.49. The third kappa shape index (κ3) is 2.07. The molecule has 0 spiro atoms. The highest BCUT2D eigenvalue weighted by Crippen LogP contribution is 2.42. The van der Waals surface area contributed by atoms with Gasteiger partial charge in [0.2, 0.25) is 0 Å². The fourth-order valence-corrected chi connectivity index (χ4v) is 1.96. The van der Waals surface area contributed by atoms with Crippen molar-refractivity contribution < 1.29 is 4.79 Å². The molecule has 15 heavy (non-hydrogen) atoms. The fraction of sp³-hybridized carbons (Fsp3) is 0.636. The first-order chi connectivity index (χ1) is 7.27. The molecule has 0 saturated heterocycles. The number of hydrogen-bond acceptors (Lipinski definition) is 2. The van der Waals surface area contributed by atoms with Crippen LogP contribution in [0.1, 0.15) is 54.6 Å². The van der Waals surface area contributed by atoms with E-state index in [1.165, 1.54) is 0 Å². The predicted octanol–water partition coefficient (Wildman–Crippen LogP) is 3.03. The van der Waals surface area contributed by atoms with E-state index < -0.39 is 0 Å². The Morgan fingerprint density at radius 2 is 2.33 bits per heavy atom. The fourth-order valence-electron chi connectivity index (χ4n) is 1.70. The predicted molar refractivity (Wildman–Crippen MR) is 59.5 cm³/mol. The number of unbranched alkanes of at least 4 members (excludes halogenated alkanes) is 1. The van der Waals surface area contributed by atoms with Crippen molar-refractivity contribution in [2.45, 2.75) is 45.1 Å². The molecule has 1 heterocycles. The topological polar surface area (TPSA) is 34.9 Å². The Morgan fingerprint density at radius 1 is 1.60 bits per heavy atom. The summed E-state index contributed by atoms with van der Waals surface area (Å²) in [5, 5.41) is 4.95. The molecule has 1 saturated carbocycles. The molecule has 2 rings (SSSR count). The van der Waals surface area contributed by atoms with Gasteiger partial charge in [-0.25, -0.2) is 0 Å². The zero-order valence-electron chi connectivity index (χ0n) is 8.87. The molecule has 1 fully saturated rings. The van der Waals surface area contributed by atoms with Crippen molar-refractivity contribution in [1.29, 1.82) is 0 Å². The van der Waals surface area contributed by atoms with Crippen LogP contribution in [-0.2, 0) is 6.54 Å². The maximum Gasteiger partial charge on any atom is 0.155 e. The Kier molecular flexibility index (Phi) is 3.10. The summed E-state index contributed by atoms with van der Waals surface area (Å²) in [4.78, 5) is 10.9. The summed E-state index contributed by atoms with van der Waals surface area (Å²) in [5.41, 5.74) is 1.52. The van der Waals surface area contributed by atoms with Crippen molar-refractivity contribution in [3.63, 3.8) is 0 Å². The van der Waals surface area contributed by atoms with Gasteiger partial charge in [0.15, 0.2) is 6.29 Å². The number of rotatable bonds is 5. The number of nitrogens with zero attached hydrogens (tertiary/aromatic N) is 2. The monoisotopic (exact) mass is 226 g/mol. The number of aryl methyl sites for hydroxylation is 1. The zero-order chi connectivity index (χ0) is 10.8. The minimum absolute atomic E-state index is 0.477. The molecule has 0 aromatic carbocycles. The number of hydrogen-bond donors (Lipinski definition) is 0. The largest absolute Gasteiger partial charge is 0.298 e. The lowest BCUT2D eigenvalue weighted by molar-refractivity contribution is 0.112. The Labute approximate surface area is 94.4 Å². The summed E-state index contributed by atoms with van der Waals surface area (Å²) in [5.74, 6) is 0.477. The lowest BCUT2D eigenvalue weighted by Crippen LogP contribution is -2.00. The zero-order valence-corrected chi connectivity index (χ0v) is 9.63. The van der Waals surface area contributed by atoms with E-state index in [1.807, 2.05) is 0 Å². The molecule has 0 radical (unpaired) electrons. The van der Waals surface area contributed by atoms with Crippen LogP contribution in [0.5, 0.6) is 0 Å². The van der Waals surface area contributed by atoms with Crippen LogP contribution in [0.2, 0.25) is 5.15 Å². The van der Waals surface area contributed by atoms with E-state index in [0.717, 1.165) is 44.2 Å². The van der Waals surface area contributed by atoms with E-state index in [-0.39, 0.29) is 0 Å². The van der Waals surface area contributed by atoms with Crippen LogP contribution < -0.4 is 0 Å². The van der Waals surface area contributed by atoms with E-state index in [1.54, 1.807) is 4.68 Å². The average molecular weight is 227 g/mol. The number of carbonyl (C=O) groups is 1. The Bertz CT molecular complexity index is 369. The van der Waals surface area contributed by atoms with Crippen molar-refractivity contribution in [2.24, 2.45) is 0 Å². The van der Waals surface area contributed by atoms with Crippen LogP contribution in [0.4, 0.5) is 0 Å². The Morgan fingerprint density at radius 3 is 2.87 bits per heavy atom. The highest BCUT2D eigenvalue weighted by atomic mass is 35.5. The van der Waals surface area contributed by atoms with E-state index >= 15 is 0 Å². The van der Waals surface area contributed by atoms with Crippen LogP contribution in [-0.4, -0.2) is 16.1 Å². The van der Waals surface area contributed by atoms with Gasteiger partial charge in [0.25, 0.3) is 0 Å². The number of aldehydes is 1. The van der Waals surface area contributed by atoms with Gasteiger partial charge in [-0.05, 0) is 19.3 Å². The highest BCUT2D eigenvalue weighted by Gasteiger charge is 2.31. The van der Waals surface area contributed by atoms with Gasteiger partial charge in [-0.15, -0.1) is 0 Å². The molecule has 0 N–H and O–H groups in total. The third-order valence-electron chi connectivity index (χ3n) is 2.76. The summed E-state index contributed by atoms with van der Waals surface area (Å²) in [6.07, 6.45) is 5.27.